The van der Waals surface area contributed by atoms with Gasteiger partial charge in [0.05, 0.1) is 6.54 Å². The highest BCUT2D eigenvalue weighted by Gasteiger charge is 2.08. The van der Waals surface area contributed by atoms with Gasteiger partial charge in [-0.2, -0.15) is 4.80 Å². The standard InChI is InChI=1S/C12H15N5O/c1-2-3-9-17-15-12(14-16-17)13-11(18)10-7-5-4-6-8-10/h4-8H,2-3,9H2,1H3,(H,13,15,18). The third-order valence-electron chi connectivity index (χ3n) is 2.43. The molecule has 1 aromatic heterocycles. The average Bonchev–Trinajstić information content (AvgIpc) is 2.85. The summed E-state index contributed by atoms with van der Waals surface area (Å²) in [4.78, 5) is 13.3. The molecule has 0 aliphatic rings. The maximum absolute atomic E-state index is 11.8. The molecule has 0 saturated carbocycles. The third kappa shape index (κ3) is 3.13. The van der Waals surface area contributed by atoms with Gasteiger partial charge in [0, 0.05) is 5.56 Å². The van der Waals surface area contributed by atoms with Crippen molar-refractivity contribution in [2.45, 2.75) is 26.3 Å². The van der Waals surface area contributed by atoms with Crippen molar-refractivity contribution >= 4 is 11.9 Å². The number of aryl methyl sites for hydroxylation is 1. The highest BCUT2D eigenvalue weighted by molar-refractivity contribution is 6.03. The van der Waals surface area contributed by atoms with Crippen molar-refractivity contribution in [1.82, 2.24) is 20.2 Å². The van der Waals surface area contributed by atoms with Gasteiger partial charge in [0.2, 0.25) is 0 Å². The molecule has 94 valence electrons. The molecular formula is C12H15N5O. The minimum atomic E-state index is -0.231. The minimum Gasteiger partial charge on any atom is -0.288 e. The lowest BCUT2D eigenvalue weighted by molar-refractivity contribution is 0.102. The second-order valence-electron chi connectivity index (χ2n) is 3.88. The van der Waals surface area contributed by atoms with E-state index in [0.29, 0.717) is 12.1 Å². The van der Waals surface area contributed by atoms with E-state index in [1.807, 2.05) is 6.07 Å². The molecule has 0 saturated heterocycles. The summed E-state index contributed by atoms with van der Waals surface area (Å²) >= 11 is 0. The van der Waals surface area contributed by atoms with E-state index in [1.165, 1.54) is 4.80 Å². The van der Waals surface area contributed by atoms with Crippen molar-refractivity contribution in [3.63, 3.8) is 0 Å². The number of benzene rings is 1. The second-order valence-corrected chi connectivity index (χ2v) is 3.88. The van der Waals surface area contributed by atoms with E-state index < -0.39 is 0 Å². The predicted molar refractivity (Wildman–Crippen MR) is 67.1 cm³/mol. The number of anilines is 1. The van der Waals surface area contributed by atoms with Gasteiger partial charge in [0.1, 0.15) is 0 Å². The van der Waals surface area contributed by atoms with Crippen LogP contribution in [0, 0.1) is 0 Å². The van der Waals surface area contributed by atoms with E-state index in [2.05, 4.69) is 27.7 Å². The van der Waals surface area contributed by atoms with Crippen LogP contribution in [-0.4, -0.2) is 26.1 Å². The number of aromatic nitrogens is 4. The number of carbonyl (C=O) groups excluding carboxylic acids is 1. The lowest BCUT2D eigenvalue weighted by Gasteiger charge is -1.99. The summed E-state index contributed by atoms with van der Waals surface area (Å²) in [5, 5.41) is 14.3. The zero-order chi connectivity index (χ0) is 12.8. The van der Waals surface area contributed by atoms with Crippen LogP contribution in [0.3, 0.4) is 0 Å². The SMILES string of the molecule is CCCCn1nnc(NC(=O)c2ccccc2)n1. The first-order valence-electron chi connectivity index (χ1n) is 5.94. The first-order valence-corrected chi connectivity index (χ1v) is 5.94. The van der Waals surface area contributed by atoms with Crippen LogP contribution < -0.4 is 5.32 Å². The van der Waals surface area contributed by atoms with Crippen LogP contribution in [0.1, 0.15) is 30.1 Å². The van der Waals surface area contributed by atoms with E-state index in [9.17, 15) is 4.79 Å². The molecule has 0 aliphatic carbocycles. The third-order valence-corrected chi connectivity index (χ3v) is 2.43. The smallest absolute Gasteiger partial charge is 0.270 e. The Morgan fingerprint density at radius 2 is 2.11 bits per heavy atom. The van der Waals surface area contributed by atoms with Crippen LogP contribution in [0.2, 0.25) is 0 Å². The highest BCUT2D eigenvalue weighted by atomic mass is 16.1. The van der Waals surface area contributed by atoms with Gasteiger partial charge in [0.25, 0.3) is 11.9 Å². The number of carbonyl (C=O) groups is 1. The van der Waals surface area contributed by atoms with Crippen molar-refractivity contribution in [2.24, 2.45) is 0 Å². The Morgan fingerprint density at radius 3 is 2.83 bits per heavy atom. The van der Waals surface area contributed by atoms with Crippen LogP contribution in [0.25, 0.3) is 0 Å². The van der Waals surface area contributed by atoms with Crippen LogP contribution in [-0.2, 0) is 6.54 Å². The van der Waals surface area contributed by atoms with Gasteiger partial charge < -0.3 is 0 Å². The Kier molecular flexibility index (Phi) is 4.01. The van der Waals surface area contributed by atoms with Gasteiger partial charge in [-0.1, -0.05) is 36.6 Å². The molecule has 6 heteroatoms. The lowest BCUT2D eigenvalue weighted by atomic mass is 10.2. The molecule has 0 atom stereocenters. The predicted octanol–water partition coefficient (Wildman–Crippen LogP) is 1.73. The van der Waals surface area contributed by atoms with E-state index in [4.69, 9.17) is 0 Å². The maximum atomic E-state index is 11.8. The minimum absolute atomic E-state index is 0.231. The summed E-state index contributed by atoms with van der Waals surface area (Å²) in [6.45, 7) is 2.81. The molecule has 2 aromatic rings. The molecule has 0 aliphatic heterocycles. The molecule has 0 spiro atoms. The van der Waals surface area contributed by atoms with Gasteiger partial charge in [-0.3, -0.25) is 10.1 Å². The summed E-state index contributed by atoms with van der Waals surface area (Å²) in [5.74, 6) is 0.00518. The van der Waals surface area contributed by atoms with E-state index in [-0.39, 0.29) is 11.9 Å². The molecule has 1 heterocycles. The zero-order valence-electron chi connectivity index (χ0n) is 10.2. The normalized spacial score (nSPS) is 10.3. The van der Waals surface area contributed by atoms with Gasteiger partial charge in [-0.25, -0.2) is 0 Å². The largest absolute Gasteiger partial charge is 0.288 e. The monoisotopic (exact) mass is 245 g/mol. The maximum Gasteiger partial charge on any atom is 0.270 e. The number of rotatable bonds is 5. The number of unbranched alkanes of at least 4 members (excludes halogenated alkanes) is 1. The molecule has 0 radical (unpaired) electrons. The number of nitrogens with one attached hydrogen (secondary N) is 1. The van der Waals surface area contributed by atoms with Crippen molar-refractivity contribution < 1.29 is 4.79 Å². The van der Waals surface area contributed by atoms with Crippen LogP contribution in [0.5, 0.6) is 0 Å². The summed E-state index contributed by atoms with van der Waals surface area (Å²) in [6.07, 6.45) is 2.05. The number of hydrogen-bond donors (Lipinski definition) is 1. The van der Waals surface area contributed by atoms with Crippen molar-refractivity contribution in [3.05, 3.63) is 35.9 Å². The molecule has 2 rings (SSSR count). The van der Waals surface area contributed by atoms with Crippen molar-refractivity contribution in [1.29, 1.82) is 0 Å². The van der Waals surface area contributed by atoms with E-state index in [1.54, 1.807) is 24.3 Å². The molecule has 1 aromatic carbocycles. The topological polar surface area (TPSA) is 72.7 Å². The second kappa shape index (κ2) is 5.90. The summed E-state index contributed by atoms with van der Waals surface area (Å²) < 4.78 is 0. The van der Waals surface area contributed by atoms with Crippen LogP contribution >= 0.6 is 0 Å². The number of nitrogens with zero attached hydrogens (tertiary/aromatic N) is 4. The summed E-state index contributed by atoms with van der Waals surface area (Å²) in [6, 6.07) is 8.94. The molecule has 6 nitrogen and oxygen atoms in total. The molecule has 1 N–H and O–H groups in total. The van der Waals surface area contributed by atoms with Crippen LogP contribution in [0.4, 0.5) is 5.95 Å². The number of hydrogen-bond acceptors (Lipinski definition) is 4. The quantitative estimate of drug-likeness (QED) is 0.870. The molecule has 0 bridgehead atoms. The summed E-state index contributed by atoms with van der Waals surface area (Å²) in [7, 11) is 0. The van der Waals surface area contributed by atoms with Crippen molar-refractivity contribution in [2.75, 3.05) is 5.32 Å². The van der Waals surface area contributed by atoms with Gasteiger partial charge in [-0.05, 0) is 23.8 Å². The molecule has 0 unspecified atom stereocenters. The van der Waals surface area contributed by atoms with E-state index >= 15 is 0 Å². The van der Waals surface area contributed by atoms with Crippen molar-refractivity contribution in [3.8, 4) is 0 Å². The van der Waals surface area contributed by atoms with Crippen LogP contribution in [0.15, 0.2) is 30.3 Å². The first-order chi connectivity index (χ1) is 8.79. The fourth-order valence-corrected chi connectivity index (χ4v) is 1.45. The molecule has 0 fully saturated rings. The first kappa shape index (κ1) is 12.2. The Morgan fingerprint density at radius 1 is 1.33 bits per heavy atom. The highest BCUT2D eigenvalue weighted by Crippen LogP contribution is 2.03. The zero-order valence-corrected chi connectivity index (χ0v) is 10.2. The number of tetrazole rings is 1. The molecular weight excluding hydrogens is 230 g/mol. The van der Waals surface area contributed by atoms with E-state index in [0.717, 1.165) is 12.8 Å². The Hall–Kier alpha value is -2.24. The Balaban J connectivity index is 1.97. The fourth-order valence-electron chi connectivity index (χ4n) is 1.45. The fraction of sp³-hybridized carbons (Fsp3) is 0.333. The molecule has 18 heavy (non-hydrogen) atoms. The Labute approximate surface area is 105 Å². The number of amides is 1. The molecule has 1 amide bonds. The summed E-state index contributed by atoms with van der Waals surface area (Å²) in [5.41, 5.74) is 0.572. The van der Waals surface area contributed by atoms with Gasteiger partial charge in [-0.15, -0.1) is 5.10 Å². The van der Waals surface area contributed by atoms with Gasteiger partial charge in [0.15, 0.2) is 0 Å². The Bertz CT molecular complexity index is 508. The average molecular weight is 245 g/mol. The lowest BCUT2D eigenvalue weighted by Crippen LogP contribution is -2.13. The van der Waals surface area contributed by atoms with Gasteiger partial charge >= 0.3 is 0 Å².